The van der Waals surface area contributed by atoms with Gasteiger partial charge in [-0.05, 0) is 41.5 Å². The van der Waals surface area contributed by atoms with Crippen molar-refractivity contribution in [2.24, 2.45) is 5.73 Å². The Bertz CT molecular complexity index is 547. The van der Waals surface area contributed by atoms with E-state index in [-0.39, 0.29) is 11.5 Å². The molecular formula is C18H24N2. The molecule has 1 atom stereocenters. The first-order valence-corrected chi connectivity index (χ1v) is 7.14. The topological polar surface area (TPSA) is 38.9 Å². The molecule has 0 aliphatic carbocycles. The Morgan fingerprint density at radius 2 is 1.70 bits per heavy atom. The van der Waals surface area contributed by atoms with Gasteiger partial charge in [-0.1, -0.05) is 51.1 Å². The fourth-order valence-corrected chi connectivity index (χ4v) is 2.21. The van der Waals surface area contributed by atoms with Crippen molar-refractivity contribution < 1.29 is 0 Å². The normalized spacial score (nSPS) is 13.2. The molecule has 1 heterocycles. The first kappa shape index (κ1) is 14.7. The molecule has 2 aromatic rings. The molecule has 20 heavy (non-hydrogen) atoms. The van der Waals surface area contributed by atoms with Crippen LogP contribution in [0.3, 0.4) is 0 Å². The van der Waals surface area contributed by atoms with Gasteiger partial charge in [0.25, 0.3) is 0 Å². The molecule has 1 aromatic carbocycles. The second-order valence-corrected chi connectivity index (χ2v) is 6.49. The Kier molecular flexibility index (Phi) is 4.24. The lowest BCUT2D eigenvalue weighted by Crippen LogP contribution is -2.14. The summed E-state index contributed by atoms with van der Waals surface area (Å²) in [5.41, 5.74) is 11.2. The Morgan fingerprint density at radius 1 is 1.05 bits per heavy atom. The van der Waals surface area contributed by atoms with E-state index in [1.165, 1.54) is 11.1 Å². The molecule has 1 unspecified atom stereocenters. The van der Waals surface area contributed by atoms with Gasteiger partial charge in [0, 0.05) is 17.9 Å². The average Bonchev–Trinajstić information content (AvgIpc) is 2.39. The molecule has 2 rings (SSSR count). The number of hydrogen-bond donors (Lipinski definition) is 1. The third kappa shape index (κ3) is 3.67. The lowest BCUT2D eigenvalue weighted by molar-refractivity contribution is 0.589. The van der Waals surface area contributed by atoms with Gasteiger partial charge in [0.05, 0.1) is 0 Å². The zero-order chi connectivity index (χ0) is 14.8. The van der Waals surface area contributed by atoms with E-state index in [2.05, 4.69) is 56.1 Å². The number of aryl methyl sites for hydroxylation is 1. The summed E-state index contributed by atoms with van der Waals surface area (Å²) in [6.07, 6.45) is 2.72. The molecule has 106 valence electrons. The Morgan fingerprint density at radius 3 is 2.20 bits per heavy atom. The van der Waals surface area contributed by atoms with Gasteiger partial charge in [-0.3, -0.25) is 4.98 Å². The quantitative estimate of drug-likeness (QED) is 0.916. The lowest BCUT2D eigenvalue weighted by atomic mass is 9.86. The molecule has 2 heteroatoms. The Balaban J connectivity index is 2.08. The van der Waals surface area contributed by atoms with E-state index in [0.29, 0.717) is 0 Å². The maximum atomic E-state index is 6.26. The fourth-order valence-electron chi connectivity index (χ4n) is 2.21. The van der Waals surface area contributed by atoms with Crippen LogP contribution >= 0.6 is 0 Å². The molecule has 2 N–H and O–H groups in total. The number of pyridine rings is 1. The molecule has 1 aromatic heterocycles. The molecule has 0 fully saturated rings. The minimum Gasteiger partial charge on any atom is -0.324 e. The third-order valence-electron chi connectivity index (χ3n) is 3.64. The van der Waals surface area contributed by atoms with E-state index in [9.17, 15) is 0 Å². The number of benzene rings is 1. The van der Waals surface area contributed by atoms with Crippen molar-refractivity contribution >= 4 is 0 Å². The fraction of sp³-hybridized carbons (Fsp3) is 0.389. The lowest BCUT2D eigenvalue weighted by Gasteiger charge is -2.19. The van der Waals surface area contributed by atoms with E-state index >= 15 is 0 Å². The van der Waals surface area contributed by atoms with Crippen molar-refractivity contribution in [3.63, 3.8) is 0 Å². The summed E-state index contributed by atoms with van der Waals surface area (Å²) >= 11 is 0. The zero-order valence-electron chi connectivity index (χ0n) is 12.9. The van der Waals surface area contributed by atoms with Gasteiger partial charge < -0.3 is 5.73 Å². The van der Waals surface area contributed by atoms with Gasteiger partial charge in [-0.15, -0.1) is 0 Å². The highest BCUT2D eigenvalue weighted by atomic mass is 14.7. The monoisotopic (exact) mass is 268 g/mol. The number of rotatable bonds is 3. The summed E-state index contributed by atoms with van der Waals surface area (Å²) in [6, 6.07) is 12.9. The second-order valence-electron chi connectivity index (χ2n) is 6.49. The Hall–Kier alpha value is -1.67. The largest absolute Gasteiger partial charge is 0.324 e. The zero-order valence-corrected chi connectivity index (χ0v) is 12.9. The van der Waals surface area contributed by atoms with Crippen LogP contribution in [-0.2, 0) is 11.8 Å². The molecular weight excluding hydrogens is 244 g/mol. The van der Waals surface area contributed by atoms with Gasteiger partial charge in [0.2, 0.25) is 0 Å². The first-order valence-electron chi connectivity index (χ1n) is 7.14. The van der Waals surface area contributed by atoms with Crippen LogP contribution in [0, 0.1) is 6.92 Å². The second kappa shape index (κ2) is 5.76. The van der Waals surface area contributed by atoms with Gasteiger partial charge in [0.1, 0.15) is 0 Å². The number of nitrogens with two attached hydrogens (primary N) is 1. The van der Waals surface area contributed by atoms with Gasteiger partial charge in [-0.2, -0.15) is 0 Å². The summed E-state index contributed by atoms with van der Waals surface area (Å²) in [4.78, 5) is 4.31. The van der Waals surface area contributed by atoms with Crippen LogP contribution in [0.2, 0.25) is 0 Å². The molecule has 2 nitrogen and oxygen atoms in total. The van der Waals surface area contributed by atoms with Crippen LogP contribution in [0.15, 0.2) is 42.6 Å². The van der Waals surface area contributed by atoms with Crippen molar-refractivity contribution in [2.45, 2.75) is 45.6 Å². The van der Waals surface area contributed by atoms with E-state index in [0.717, 1.165) is 17.7 Å². The number of nitrogens with zero attached hydrogens (tertiary/aromatic N) is 1. The standard InChI is InChI=1S/C18H24N2/c1-13-5-8-15(12-20-13)17(19)11-14-6-9-16(10-7-14)18(2,3)4/h5-10,12,17H,11,19H2,1-4H3. The van der Waals surface area contributed by atoms with E-state index in [1.807, 2.05) is 19.2 Å². The molecule has 0 radical (unpaired) electrons. The minimum atomic E-state index is 0.00332. The van der Waals surface area contributed by atoms with Crippen molar-refractivity contribution in [3.8, 4) is 0 Å². The van der Waals surface area contributed by atoms with Crippen molar-refractivity contribution in [1.82, 2.24) is 4.98 Å². The third-order valence-corrected chi connectivity index (χ3v) is 3.64. The first-order chi connectivity index (χ1) is 9.36. The van der Waals surface area contributed by atoms with Gasteiger partial charge in [0.15, 0.2) is 0 Å². The molecule has 0 spiro atoms. The van der Waals surface area contributed by atoms with E-state index < -0.39 is 0 Å². The highest BCUT2D eigenvalue weighted by Gasteiger charge is 2.13. The maximum Gasteiger partial charge on any atom is 0.0372 e. The van der Waals surface area contributed by atoms with Gasteiger partial charge >= 0.3 is 0 Å². The van der Waals surface area contributed by atoms with Gasteiger partial charge in [-0.25, -0.2) is 0 Å². The number of aromatic nitrogens is 1. The van der Waals surface area contributed by atoms with Crippen LogP contribution in [0.1, 0.15) is 49.2 Å². The SMILES string of the molecule is Cc1ccc(C(N)Cc2ccc(C(C)(C)C)cc2)cn1. The smallest absolute Gasteiger partial charge is 0.0372 e. The molecule has 0 saturated carbocycles. The predicted octanol–water partition coefficient (Wildman–Crippen LogP) is 3.93. The van der Waals surface area contributed by atoms with Crippen molar-refractivity contribution in [1.29, 1.82) is 0 Å². The molecule has 0 saturated heterocycles. The van der Waals surface area contributed by atoms with Crippen LogP contribution in [-0.4, -0.2) is 4.98 Å². The minimum absolute atomic E-state index is 0.00332. The number of hydrogen-bond acceptors (Lipinski definition) is 2. The molecule has 0 aliphatic heterocycles. The van der Waals surface area contributed by atoms with Crippen molar-refractivity contribution in [2.75, 3.05) is 0 Å². The highest BCUT2D eigenvalue weighted by molar-refractivity contribution is 5.29. The van der Waals surface area contributed by atoms with Crippen LogP contribution in [0.5, 0.6) is 0 Å². The molecule has 0 amide bonds. The van der Waals surface area contributed by atoms with Crippen molar-refractivity contribution in [3.05, 3.63) is 65.0 Å². The maximum absolute atomic E-state index is 6.26. The summed E-state index contributed by atoms with van der Waals surface area (Å²) < 4.78 is 0. The van der Waals surface area contributed by atoms with Crippen LogP contribution < -0.4 is 5.73 Å². The van der Waals surface area contributed by atoms with E-state index in [4.69, 9.17) is 5.73 Å². The average molecular weight is 268 g/mol. The highest BCUT2D eigenvalue weighted by Crippen LogP contribution is 2.23. The predicted molar refractivity (Wildman–Crippen MR) is 84.7 cm³/mol. The van der Waals surface area contributed by atoms with Crippen LogP contribution in [0.4, 0.5) is 0 Å². The summed E-state index contributed by atoms with van der Waals surface area (Å²) in [5, 5.41) is 0. The molecule has 0 bridgehead atoms. The summed E-state index contributed by atoms with van der Waals surface area (Å²) in [7, 11) is 0. The summed E-state index contributed by atoms with van der Waals surface area (Å²) in [5.74, 6) is 0. The van der Waals surface area contributed by atoms with E-state index in [1.54, 1.807) is 0 Å². The Labute approximate surface area is 122 Å². The summed E-state index contributed by atoms with van der Waals surface area (Å²) in [6.45, 7) is 8.67. The van der Waals surface area contributed by atoms with Crippen LogP contribution in [0.25, 0.3) is 0 Å². The molecule has 0 aliphatic rings.